The average molecular weight is 526 g/mol. The van der Waals surface area contributed by atoms with Crippen LogP contribution in [0.1, 0.15) is 53.1 Å². The van der Waals surface area contributed by atoms with Gasteiger partial charge in [0.25, 0.3) is 0 Å². The Bertz CT molecular complexity index is 1310. The summed E-state index contributed by atoms with van der Waals surface area (Å²) >= 11 is 0. The third-order valence-electron chi connectivity index (χ3n) is 5.16. The number of carbonyl (C=O) groups excluding carboxylic acids is 1. The van der Waals surface area contributed by atoms with Gasteiger partial charge in [0.05, 0.1) is 19.8 Å². The van der Waals surface area contributed by atoms with Crippen LogP contribution in [0, 0.1) is 0 Å². The second-order valence-corrected chi connectivity index (χ2v) is 10.6. The van der Waals surface area contributed by atoms with E-state index in [4.69, 9.17) is 19.0 Å². The SMILES string of the molecule is COc1ccc([C@@H](Nc2ccc3c(N(OC(C)(C)C)C(=O)OC(C)(C)C)nccc3c2)C(=O)O)cc1OC. The number of aromatic nitrogens is 1. The number of carboxylic acids is 1. The number of aliphatic carboxylic acids is 1. The standard InChI is InChI=1S/C28H35N3O7/c1-27(2,3)37-26(34)31(38-28(4,5)6)24-20-11-10-19(15-17(20)13-14-29-24)30-23(25(32)33)18-9-12-21(35-7)22(16-18)36-8/h9-16,23,30H,1-8H3,(H,32,33)/t23-/m1/s1. The summed E-state index contributed by atoms with van der Waals surface area (Å²) in [7, 11) is 3.00. The summed E-state index contributed by atoms with van der Waals surface area (Å²) in [4.78, 5) is 35.6. The number of hydroxylamine groups is 1. The molecule has 0 radical (unpaired) electrons. The molecule has 0 aliphatic heterocycles. The van der Waals surface area contributed by atoms with Gasteiger partial charge in [-0.2, -0.15) is 0 Å². The van der Waals surface area contributed by atoms with Crippen LogP contribution in [0.3, 0.4) is 0 Å². The summed E-state index contributed by atoms with van der Waals surface area (Å²) in [5, 5.41) is 15.4. The predicted octanol–water partition coefficient (Wildman–Crippen LogP) is 5.96. The third-order valence-corrected chi connectivity index (χ3v) is 5.16. The first-order chi connectivity index (χ1) is 17.7. The van der Waals surface area contributed by atoms with Crippen molar-refractivity contribution in [1.29, 1.82) is 0 Å². The van der Waals surface area contributed by atoms with E-state index in [1.165, 1.54) is 14.2 Å². The van der Waals surface area contributed by atoms with Crippen molar-refractivity contribution < 1.29 is 33.7 Å². The van der Waals surface area contributed by atoms with Gasteiger partial charge >= 0.3 is 12.1 Å². The Morgan fingerprint density at radius 1 is 0.921 bits per heavy atom. The maximum absolute atomic E-state index is 13.1. The van der Waals surface area contributed by atoms with E-state index in [1.807, 2.05) is 20.8 Å². The highest BCUT2D eigenvalue weighted by atomic mass is 16.7. The lowest BCUT2D eigenvalue weighted by Crippen LogP contribution is -2.42. The van der Waals surface area contributed by atoms with Gasteiger partial charge in [-0.05, 0) is 88.9 Å². The number of methoxy groups -OCH3 is 2. The van der Waals surface area contributed by atoms with Crippen LogP contribution in [-0.4, -0.2) is 47.6 Å². The number of carbonyl (C=O) groups is 2. The number of amides is 1. The summed E-state index contributed by atoms with van der Waals surface area (Å²) in [6.45, 7) is 10.8. The molecule has 204 valence electrons. The van der Waals surface area contributed by atoms with Crippen molar-refractivity contribution in [1.82, 2.24) is 4.98 Å². The lowest BCUT2D eigenvalue weighted by Gasteiger charge is -2.31. The molecule has 0 aliphatic rings. The number of carboxylic acid groups (broad SMARTS) is 1. The molecule has 1 heterocycles. The monoisotopic (exact) mass is 525 g/mol. The van der Waals surface area contributed by atoms with Crippen molar-refractivity contribution in [3.05, 3.63) is 54.2 Å². The molecule has 1 atom stereocenters. The van der Waals surface area contributed by atoms with Crippen molar-refractivity contribution in [2.45, 2.75) is 58.8 Å². The van der Waals surface area contributed by atoms with Crippen molar-refractivity contribution in [3.8, 4) is 11.5 Å². The van der Waals surface area contributed by atoms with Crippen LogP contribution in [0.25, 0.3) is 10.8 Å². The minimum absolute atomic E-state index is 0.257. The normalized spacial score (nSPS) is 12.5. The zero-order chi connectivity index (χ0) is 28.3. The highest BCUT2D eigenvalue weighted by Gasteiger charge is 2.31. The Hall–Kier alpha value is -4.05. The fraction of sp³-hybridized carbons (Fsp3) is 0.393. The molecule has 3 rings (SSSR count). The number of hydrogen-bond acceptors (Lipinski definition) is 8. The van der Waals surface area contributed by atoms with E-state index in [0.717, 1.165) is 5.06 Å². The fourth-order valence-electron chi connectivity index (χ4n) is 3.64. The second kappa shape index (κ2) is 11.1. The van der Waals surface area contributed by atoms with Gasteiger partial charge in [-0.3, -0.25) is 4.84 Å². The molecule has 0 spiro atoms. The number of nitrogens with zero attached hydrogens (tertiary/aromatic N) is 2. The summed E-state index contributed by atoms with van der Waals surface area (Å²) in [6, 6.07) is 10.9. The summed E-state index contributed by atoms with van der Waals surface area (Å²) in [6.07, 6.45) is 0.849. The minimum Gasteiger partial charge on any atom is -0.493 e. The zero-order valence-electron chi connectivity index (χ0n) is 23.0. The van der Waals surface area contributed by atoms with E-state index < -0.39 is 29.3 Å². The zero-order valence-corrected chi connectivity index (χ0v) is 23.0. The molecule has 0 fully saturated rings. The van der Waals surface area contributed by atoms with Gasteiger partial charge in [0.1, 0.15) is 5.60 Å². The van der Waals surface area contributed by atoms with Crippen LogP contribution < -0.4 is 19.9 Å². The highest BCUT2D eigenvalue weighted by molar-refractivity contribution is 6.00. The largest absolute Gasteiger partial charge is 0.493 e. The Morgan fingerprint density at radius 2 is 1.61 bits per heavy atom. The number of rotatable bonds is 8. The molecule has 0 unspecified atom stereocenters. The number of hydrogen-bond donors (Lipinski definition) is 2. The second-order valence-electron chi connectivity index (χ2n) is 10.6. The van der Waals surface area contributed by atoms with Crippen molar-refractivity contribution in [2.75, 3.05) is 24.6 Å². The maximum Gasteiger partial charge on any atom is 0.440 e. The van der Waals surface area contributed by atoms with E-state index in [0.29, 0.717) is 33.5 Å². The number of anilines is 2. The Balaban J connectivity index is 2.00. The Kier molecular flexibility index (Phi) is 8.36. The minimum atomic E-state index is -1.07. The van der Waals surface area contributed by atoms with Crippen LogP contribution in [0.2, 0.25) is 0 Å². The lowest BCUT2D eigenvalue weighted by molar-refractivity contribution is -0.138. The van der Waals surface area contributed by atoms with Gasteiger partial charge in [-0.15, -0.1) is 5.06 Å². The quantitative estimate of drug-likeness (QED) is 0.343. The van der Waals surface area contributed by atoms with Crippen LogP contribution in [0.5, 0.6) is 11.5 Å². The molecule has 0 saturated carbocycles. The molecule has 10 nitrogen and oxygen atoms in total. The van der Waals surface area contributed by atoms with Gasteiger partial charge in [0, 0.05) is 17.3 Å². The molecular weight excluding hydrogens is 490 g/mol. The van der Waals surface area contributed by atoms with E-state index in [2.05, 4.69) is 10.3 Å². The number of benzene rings is 2. The summed E-state index contributed by atoms with van der Waals surface area (Å²) < 4.78 is 16.1. The smallest absolute Gasteiger partial charge is 0.440 e. The van der Waals surface area contributed by atoms with Crippen molar-refractivity contribution in [3.63, 3.8) is 0 Å². The van der Waals surface area contributed by atoms with Gasteiger partial charge in [0.15, 0.2) is 23.4 Å². The molecule has 0 aliphatic carbocycles. The van der Waals surface area contributed by atoms with E-state index in [1.54, 1.807) is 69.4 Å². The first-order valence-electron chi connectivity index (χ1n) is 12.0. The van der Waals surface area contributed by atoms with Crippen molar-refractivity contribution in [2.24, 2.45) is 0 Å². The van der Waals surface area contributed by atoms with Gasteiger partial charge < -0.3 is 24.6 Å². The highest BCUT2D eigenvalue weighted by Crippen LogP contribution is 2.34. The Morgan fingerprint density at radius 3 is 2.18 bits per heavy atom. The molecule has 0 saturated heterocycles. The fourth-order valence-corrected chi connectivity index (χ4v) is 3.64. The van der Waals surface area contributed by atoms with Crippen molar-refractivity contribution >= 4 is 34.3 Å². The number of fused-ring (bicyclic) bond motifs is 1. The molecule has 10 heteroatoms. The van der Waals surface area contributed by atoms with Gasteiger partial charge in [-0.1, -0.05) is 6.07 Å². The summed E-state index contributed by atoms with van der Waals surface area (Å²) in [5.74, 6) is 0.113. The number of nitrogens with one attached hydrogen (secondary N) is 1. The molecule has 2 N–H and O–H groups in total. The first kappa shape index (κ1) is 28.5. The molecule has 3 aromatic rings. The van der Waals surface area contributed by atoms with Gasteiger partial charge in [-0.25, -0.2) is 14.6 Å². The lowest BCUT2D eigenvalue weighted by atomic mass is 10.0. The number of pyridine rings is 1. The van der Waals surface area contributed by atoms with E-state index >= 15 is 0 Å². The maximum atomic E-state index is 13.1. The molecular formula is C28H35N3O7. The molecule has 38 heavy (non-hydrogen) atoms. The van der Waals surface area contributed by atoms with Crippen LogP contribution in [0.15, 0.2) is 48.7 Å². The third kappa shape index (κ3) is 7.04. The molecule has 1 aromatic heterocycles. The molecule has 0 bridgehead atoms. The van der Waals surface area contributed by atoms with E-state index in [9.17, 15) is 14.7 Å². The predicted molar refractivity (Wildman–Crippen MR) is 145 cm³/mol. The van der Waals surface area contributed by atoms with Crippen LogP contribution in [-0.2, 0) is 14.4 Å². The van der Waals surface area contributed by atoms with Crippen LogP contribution in [0.4, 0.5) is 16.3 Å². The Labute approximate surface area is 222 Å². The van der Waals surface area contributed by atoms with Gasteiger partial charge in [0.2, 0.25) is 0 Å². The average Bonchev–Trinajstić information content (AvgIpc) is 2.83. The topological polar surface area (TPSA) is 119 Å². The molecule has 1 amide bonds. The van der Waals surface area contributed by atoms with E-state index in [-0.39, 0.29) is 5.82 Å². The van der Waals surface area contributed by atoms with Crippen LogP contribution >= 0.6 is 0 Å². The summed E-state index contributed by atoms with van der Waals surface area (Å²) in [5.41, 5.74) is -0.414. The first-order valence-corrected chi connectivity index (χ1v) is 12.0. The molecule has 2 aromatic carbocycles. The number of ether oxygens (including phenoxy) is 3.